The highest BCUT2D eigenvalue weighted by atomic mass is 16.7. The molecule has 0 aliphatic carbocycles. The molecule has 0 bridgehead atoms. The van der Waals surface area contributed by atoms with E-state index in [0.29, 0.717) is 17.1 Å². The molecule has 0 N–H and O–H groups in total. The molecule has 1 atom stereocenters. The third-order valence-electron chi connectivity index (χ3n) is 2.99. The van der Waals surface area contributed by atoms with Crippen LogP contribution in [0, 0.1) is 0 Å². The Labute approximate surface area is 134 Å². The lowest BCUT2D eigenvalue weighted by molar-refractivity contribution is -0.134. The van der Waals surface area contributed by atoms with Gasteiger partial charge in [0.25, 0.3) is 0 Å². The molecule has 1 aromatic carbocycles. The van der Waals surface area contributed by atoms with E-state index in [0.717, 1.165) is 0 Å². The fourth-order valence-corrected chi connectivity index (χ4v) is 1.83. The molecule has 7 nitrogen and oxygen atoms in total. The number of carbonyl (C=O) groups is 2. The SMILES string of the molecule is COC(=O)/C=C/CC(OC(=O)OC)c1ccc(OC)c(OC)c1. The van der Waals surface area contributed by atoms with Crippen molar-refractivity contribution in [3.8, 4) is 11.5 Å². The first-order valence-corrected chi connectivity index (χ1v) is 6.76. The summed E-state index contributed by atoms with van der Waals surface area (Å²) < 4.78 is 24.6. The molecule has 1 rings (SSSR count). The van der Waals surface area contributed by atoms with Gasteiger partial charge in [0.1, 0.15) is 6.10 Å². The predicted octanol–water partition coefficient (Wildman–Crippen LogP) is 2.65. The van der Waals surface area contributed by atoms with Crippen molar-refractivity contribution in [1.82, 2.24) is 0 Å². The number of carbonyl (C=O) groups excluding carboxylic acids is 2. The molecule has 0 aliphatic rings. The van der Waals surface area contributed by atoms with E-state index in [2.05, 4.69) is 9.47 Å². The van der Waals surface area contributed by atoms with Crippen molar-refractivity contribution < 1.29 is 33.3 Å². The minimum Gasteiger partial charge on any atom is -0.493 e. The number of methoxy groups -OCH3 is 4. The smallest absolute Gasteiger partial charge is 0.493 e. The zero-order valence-electron chi connectivity index (χ0n) is 13.5. The first-order valence-electron chi connectivity index (χ1n) is 6.76. The Morgan fingerprint density at radius 2 is 1.74 bits per heavy atom. The van der Waals surface area contributed by atoms with E-state index < -0.39 is 18.2 Å². The molecule has 0 radical (unpaired) electrons. The van der Waals surface area contributed by atoms with Gasteiger partial charge in [0.05, 0.1) is 28.4 Å². The highest BCUT2D eigenvalue weighted by Crippen LogP contribution is 2.32. The second-order valence-electron chi connectivity index (χ2n) is 4.34. The van der Waals surface area contributed by atoms with Gasteiger partial charge in [0.15, 0.2) is 11.5 Å². The quantitative estimate of drug-likeness (QED) is 0.563. The lowest BCUT2D eigenvalue weighted by atomic mass is 10.1. The van der Waals surface area contributed by atoms with Crippen molar-refractivity contribution in [1.29, 1.82) is 0 Å². The molecule has 0 heterocycles. The van der Waals surface area contributed by atoms with Crippen molar-refractivity contribution in [3.05, 3.63) is 35.9 Å². The van der Waals surface area contributed by atoms with Gasteiger partial charge in [-0.2, -0.15) is 0 Å². The maximum absolute atomic E-state index is 11.4. The van der Waals surface area contributed by atoms with E-state index in [9.17, 15) is 9.59 Å². The van der Waals surface area contributed by atoms with Crippen LogP contribution in [0.15, 0.2) is 30.4 Å². The lowest BCUT2D eigenvalue weighted by Gasteiger charge is -2.17. The maximum Gasteiger partial charge on any atom is 0.508 e. The standard InChI is InChI=1S/C16H20O7/c1-19-13-9-8-11(10-14(13)20-2)12(23-16(18)22-4)6-5-7-15(17)21-3/h5,7-10,12H,6H2,1-4H3/b7-5+. The molecule has 0 aromatic heterocycles. The van der Waals surface area contributed by atoms with Gasteiger partial charge in [-0.1, -0.05) is 12.1 Å². The zero-order valence-corrected chi connectivity index (χ0v) is 13.5. The molecule has 7 heteroatoms. The van der Waals surface area contributed by atoms with Gasteiger partial charge >= 0.3 is 12.1 Å². The molecule has 0 amide bonds. The Hall–Kier alpha value is -2.70. The average molecular weight is 324 g/mol. The predicted molar refractivity (Wildman–Crippen MR) is 81.6 cm³/mol. The van der Waals surface area contributed by atoms with Crippen molar-refractivity contribution >= 4 is 12.1 Å². The average Bonchev–Trinajstić information content (AvgIpc) is 2.59. The summed E-state index contributed by atoms with van der Waals surface area (Å²) >= 11 is 0. The van der Waals surface area contributed by atoms with Crippen LogP contribution in [0.2, 0.25) is 0 Å². The summed E-state index contributed by atoms with van der Waals surface area (Å²) in [4.78, 5) is 22.5. The number of rotatable bonds is 7. The molecule has 0 saturated carbocycles. The second kappa shape index (κ2) is 9.34. The van der Waals surface area contributed by atoms with Crippen LogP contribution in [0.4, 0.5) is 4.79 Å². The fraction of sp³-hybridized carbons (Fsp3) is 0.375. The first-order chi connectivity index (χ1) is 11.0. The monoisotopic (exact) mass is 324 g/mol. The van der Waals surface area contributed by atoms with Crippen LogP contribution in [0.3, 0.4) is 0 Å². The Bertz CT molecular complexity index is 566. The van der Waals surface area contributed by atoms with Crippen molar-refractivity contribution in [3.63, 3.8) is 0 Å². The van der Waals surface area contributed by atoms with Crippen LogP contribution < -0.4 is 9.47 Å². The van der Waals surface area contributed by atoms with Crippen LogP contribution in [0.1, 0.15) is 18.1 Å². The second-order valence-corrected chi connectivity index (χ2v) is 4.34. The Kier molecular flexibility index (Phi) is 7.45. The Balaban J connectivity index is 3.00. The van der Waals surface area contributed by atoms with Crippen molar-refractivity contribution in [2.75, 3.05) is 28.4 Å². The van der Waals surface area contributed by atoms with Gasteiger partial charge in [-0.15, -0.1) is 0 Å². The van der Waals surface area contributed by atoms with Crippen LogP contribution >= 0.6 is 0 Å². The first kappa shape index (κ1) is 18.3. The van der Waals surface area contributed by atoms with Gasteiger partial charge in [-0.3, -0.25) is 0 Å². The van der Waals surface area contributed by atoms with E-state index in [4.69, 9.17) is 14.2 Å². The fourth-order valence-electron chi connectivity index (χ4n) is 1.83. The number of esters is 1. The van der Waals surface area contributed by atoms with Crippen LogP contribution in [0.5, 0.6) is 11.5 Å². The topological polar surface area (TPSA) is 80.3 Å². The van der Waals surface area contributed by atoms with E-state index >= 15 is 0 Å². The summed E-state index contributed by atoms with van der Waals surface area (Å²) in [6.45, 7) is 0. The third-order valence-corrected chi connectivity index (χ3v) is 2.99. The summed E-state index contributed by atoms with van der Waals surface area (Å²) in [5, 5.41) is 0. The van der Waals surface area contributed by atoms with Gasteiger partial charge in [0.2, 0.25) is 0 Å². The number of ether oxygens (including phenoxy) is 5. The number of hydrogen-bond donors (Lipinski definition) is 0. The molecule has 1 aromatic rings. The van der Waals surface area contributed by atoms with Gasteiger partial charge in [-0.05, 0) is 17.7 Å². The molecule has 0 fully saturated rings. The Morgan fingerprint density at radius 3 is 2.30 bits per heavy atom. The summed E-state index contributed by atoms with van der Waals surface area (Å²) in [5.74, 6) is 0.563. The van der Waals surface area contributed by atoms with E-state index in [-0.39, 0.29) is 6.42 Å². The van der Waals surface area contributed by atoms with Gasteiger partial charge in [0, 0.05) is 12.5 Å². The summed E-state index contributed by atoms with van der Waals surface area (Å²) in [6, 6.07) is 5.13. The summed E-state index contributed by atoms with van der Waals surface area (Å²) in [5.41, 5.74) is 0.669. The zero-order chi connectivity index (χ0) is 17.2. The largest absolute Gasteiger partial charge is 0.508 e. The van der Waals surface area contributed by atoms with Crippen LogP contribution in [-0.2, 0) is 19.0 Å². The summed E-state index contributed by atoms with van der Waals surface area (Å²) in [6.07, 6.45) is 1.60. The van der Waals surface area contributed by atoms with E-state index in [1.54, 1.807) is 24.3 Å². The van der Waals surface area contributed by atoms with E-state index in [1.165, 1.54) is 34.5 Å². The lowest BCUT2D eigenvalue weighted by Crippen LogP contribution is -2.11. The highest BCUT2D eigenvalue weighted by molar-refractivity contribution is 5.81. The molecule has 1 unspecified atom stereocenters. The molecule has 0 spiro atoms. The maximum atomic E-state index is 11.4. The van der Waals surface area contributed by atoms with Crippen LogP contribution in [0.25, 0.3) is 0 Å². The normalized spacial score (nSPS) is 11.7. The third kappa shape index (κ3) is 5.54. The van der Waals surface area contributed by atoms with Crippen molar-refractivity contribution in [2.24, 2.45) is 0 Å². The minimum atomic E-state index is -0.823. The van der Waals surface area contributed by atoms with Crippen LogP contribution in [-0.4, -0.2) is 40.6 Å². The molecule has 23 heavy (non-hydrogen) atoms. The van der Waals surface area contributed by atoms with Crippen molar-refractivity contribution in [2.45, 2.75) is 12.5 Å². The minimum absolute atomic E-state index is 0.264. The molecule has 126 valence electrons. The molecular weight excluding hydrogens is 304 g/mol. The summed E-state index contributed by atoms with van der Waals surface area (Å²) in [7, 11) is 5.54. The Morgan fingerprint density at radius 1 is 1.04 bits per heavy atom. The van der Waals surface area contributed by atoms with Gasteiger partial charge < -0.3 is 23.7 Å². The highest BCUT2D eigenvalue weighted by Gasteiger charge is 2.18. The molecular formula is C16H20O7. The van der Waals surface area contributed by atoms with Gasteiger partial charge in [-0.25, -0.2) is 9.59 Å². The molecule has 0 saturated heterocycles. The number of benzene rings is 1. The molecule has 0 aliphatic heterocycles. The van der Waals surface area contributed by atoms with E-state index in [1.807, 2.05) is 0 Å². The number of hydrogen-bond acceptors (Lipinski definition) is 7.